The molecular formula is C25H22N4O2. The smallest absolute Gasteiger partial charge is 0.261 e. The second-order valence-electron chi connectivity index (χ2n) is 7.50. The summed E-state index contributed by atoms with van der Waals surface area (Å²) in [7, 11) is 1.60. The molecule has 0 saturated heterocycles. The van der Waals surface area contributed by atoms with Crippen molar-refractivity contribution >= 4 is 11.9 Å². The number of hydrogen-bond donors (Lipinski definition) is 0. The Kier molecular flexibility index (Phi) is 4.96. The first-order chi connectivity index (χ1) is 15.3. The Balaban J connectivity index is 1.64. The minimum absolute atomic E-state index is 0.0155. The quantitative estimate of drug-likeness (QED) is 0.491. The van der Waals surface area contributed by atoms with Crippen molar-refractivity contribution < 1.29 is 9.53 Å². The summed E-state index contributed by atoms with van der Waals surface area (Å²) in [4.78, 5) is 20.0. The molecule has 5 rings (SSSR count). The average molecular weight is 410 g/mol. The van der Waals surface area contributed by atoms with E-state index in [-0.39, 0.29) is 18.0 Å². The van der Waals surface area contributed by atoms with E-state index in [0.29, 0.717) is 23.7 Å². The zero-order chi connectivity index (χ0) is 21.2. The van der Waals surface area contributed by atoms with E-state index in [2.05, 4.69) is 34.3 Å². The van der Waals surface area contributed by atoms with Crippen molar-refractivity contribution in [2.24, 2.45) is 0 Å². The van der Waals surface area contributed by atoms with E-state index in [0.717, 1.165) is 11.1 Å². The van der Waals surface area contributed by atoms with E-state index in [9.17, 15) is 4.79 Å². The van der Waals surface area contributed by atoms with Gasteiger partial charge in [-0.05, 0) is 35.7 Å². The van der Waals surface area contributed by atoms with E-state index < -0.39 is 0 Å². The molecule has 4 aromatic rings. The Labute approximate surface area is 180 Å². The van der Waals surface area contributed by atoms with Gasteiger partial charge in [-0.3, -0.25) is 9.69 Å². The molecule has 2 unspecified atom stereocenters. The largest absolute Gasteiger partial charge is 0.497 e. The molecule has 2 heterocycles. The number of fused-ring (bicyclic) bond motifs is 1. The molecule has 0 N–H and O–H groups in total. The van der Waals surface area contributed by atoms with Crippen molar-refractivity contribution in [1.82, 2.24) is 14.8 Å². The third-order valence-electron chi connectivity index (χ3n) is 5.73. The minimum atomic E-state index is -0.179. The Morgan fingerprint density at radius 2 is 1.58 bits per heavy atom. The number of ether oxygens (including phenoxy) is 1. The number of nitrogens with zero attached hydrogens (tertiary/aromatic N) is 4. The van der Waals surface area contributed by atoms with Crippen LogP contribution in [0.2, 0.25) is 0 Å². The van der Waals surface area contributed by atoms with E-state index in [1.54, 1.807) is 24.1 Å². The molecule has 1 aliphatic rings. The van der Waals surface area contributed by atoms with Crippen LogP contribution in [0.25, 0.3) is 0 Å². The predicted molar refractivity (Wildman–Crippen MR) is 118 cm³/mol. The zero-order valence-corrected chi connectivity index (χ0v) is 17.1. The van der Waals surface area contributed by atoms with E-state index in [4.69, 9.17) is 4.74 Å². The number of aromatic nitrogens is 3. The number of methoxy groups -OCH3 is 1. The van der Waals surface area contributed by atoms with Gasteiger partial charge in [-0.1, -0.05) is 66.7 Å². The third-order valence-corrected chi connectivity index (χ3v) is 5.73. The van der Waals surface area contributed by atoms with Crippen LogP contribution in [0, 0.1) is 0 Å². The molecule has 0 aliphatic carbocycles. The van der Waals surface area contributed by atoms with Gasteiger partial charge in [-0.2, -0.15) is 10.1 Å². The van der Waals surface area contributed by atoms with Gasteiger partial charge in [-0.15, -0.1) is 0 Å². The van der Waals surface area contributed by atoms with Crippen molar-refractivity contribution in [3.8, 4) is 5.75 Å². The molecule has 1 aliphatic heterocycles. The van der Waals surface area contributed by atoms with Crippen LogP contribution in [-0.2, 0) is 0 Å². The predicted octanol–water partition coefficient (Wildman–Crippen LogP) is 4.67. The molecule has 3 aromatic carbocycles. The van der Waals surface area contributed by atoms with Gasteiger partial charge >= 0.3 is 0 Å². The van der Waals surface area contributed by atoms with Gasteiger partial charge in [0.25, 0.3) is 5.91 Å². The van der Waals surface area contributed by atoms with Crippen LogP contribution in [0.1, 0.15) is 40.0 Å². The fraction of sp³-hybridized carbons (Fsp3) is 0.160. The number of amides is 1. The molecular weight excluding hydrogens is 388 g/mol. The van der Waals surface area contributed by atoms with Crippen LogP contribution in [0.15, 0.2) is 91.3 Å². The molecule has 6 nitrogen and oxygen atoms in total. The highest BCUT2D eigenvalue weighted by atomic mass is 16.5. The normalized spacial score (nSPS) is 17.8. The van der Waals surface area contributed by atoms with E-state index in [1.165, 1.54) is 6.33 Å². The minimum Gasteiger partial charge on any atom is -0.497 e. The first-order valence-electron chi connectivity index (χ1n) is 10.2. The Bertz CT molecular complexity index is 1190. The molecule has 154 valence electrons. The van der Waals surface area contributed by atoms with Crippen LogP contribution < -0.4 is 9.64 Å². The molecule has 0 saturated carbocycles. The number of carbonyl (C=O) groups is 1. The van der Waals surface area contributed by atoms with E-state index >= 15 is 0 Å². The molecule has 2 atom stereocenters. The summed E-state index contributed by atoms with van der Waals surface area (Å²) in [5, 5.41) is 4.49. The van der Waals surface area contributed by atoms with Gasteiger partial charge in [-0.25, -0.2) is 4.68 Å². The maximum atomic E-state index is 13.7. The molecule has 0 bridgehead atoms. The number of hydrogen-bond acceptors (Lipinski definition) is 4. The zero-order valence-electron chi connectivity index (χ0n) is 17.1. The van der Waals surface area contributed by atoms with Crippen molar-refractivity contribution in [3.05, 3.63) is 108 Å². The number of carbonyl (C=O) groups excluding carboxylic acids is 1. The van der Waals surface area contributed by atoms with Crippen molar-refractivity contribution in [1.29, 1.82) is 0 Å². The molecule has 0 radical (unpaired) electrons. The summed E-state index contributed by atoms with van der Waals surface area (Å²) in [6, 6.07) is 27.4. The van der Waals surface area contributed by atoms with Crippen LogP contribution in [0.3, 0.4) is 0 Å². The van der Waals surface area contributed by atoms with Crippen molar-refractivity contribution in [2.45, 2.75) is 18.5 Å². The lowest BCUT2D eigenvalue weighted by molar-refractivity contribution is 0.0963. The number of benzene rings is 3. The fourth-order valence-electron chi connectivity index (χ4n) is 4.23. The van der Waals surface area contributed by atoms with Gasteiger partial charge in [0.05, 0.1) is 19.2 Å². The van der Waals surface area contributed by atoms with E-state index in [1.807, 2.05) is 53.2 Å². The van der Waals surface area contributed by atoms with Crippen molar-refractivity contribution in [2.75, 3.05) is 12.0 Å². The summed E-state index contributed by atoms with van der Waals surface area (Å²) >= 11 is 0. The van der Waals surface area contributed by atoms with Crippen LogP contribution in [-0.4, -0.2) is 27.8 Å². The van der Waals surface area contributed by atoms with Crippen molar-refractivity contribution in [3.63, 3.8) is 0 Å². The number of anilines is 1. The highest BCUT2D eigenvalue weighted by Crippen LogP contribution is 2.42. The second kappa shape index (κ2) is 8.07. The summed E-state index contributed by atoms with van der Waals surface area (Å²) in [6.45, 7) is 0. The molecule has 0 spiro atoms. The van der Waals surface area contributed by atoms with Crippen LogP contribution in [0.4, 0.5) is 5.95 Å². The summed E-state index contributed by atoms with van der Waals surface area (Å²) in [5.41, 5.74) is 2.76. The molecule has 0 fully saturated rings. The highest BCUT2D eigenvalue weighted by molar-refractivity contribution is 6.06. The molecule has 31 heavy (non-hydrogen) atoms. The lowest BCUT2D eigenvalue weighted by atomic mass is 9.91. The fourth-order valence-corrected chi connectivity index (χ4v) is 4.23. The summed E-state index contributed by atoms with van der Waals surface area (Å²) in [5.74, 6) is 1.05. The Morgan fingerprint density at radius 3 is 2.26 bits per heavy atom. The van der Waals surface area contributed by atoms with Gasteiger partial charge < -0.3 is 4.74 Å². The summed E-state index contributed by atoms with van der Waals surface area (Å²) < 4.78 is 7.18. The topological polar surface area (TPSA) is 60.2 Å². The Hall–Kier alpha value is -3.93. The molecule has 1 aromatic heterocycles. The first kappa shape index (κ1) is 19.1. The summed E-state index contributed by atoms with van der Waals surface area (Å²) in [6.07, 6.45) is 2.21. The molecule has 1 amide bonds. The standard InChI is InChI=1S/C25H22N4O2/c1-31-21-14-8-13-20(15-21)24(30)28-22(18-9-4-2-5-10-18)16-23(19-11-6-3-7-12-19)29-25(28)26-17-27-29/h2-15,17,22-23H,16H2,1H3. The average Bonchev–Trinajstić information content (AvgIpc) is 3.33. The van der Waals surface area contributed by atoms with Gasteiger partial charge in [0.2, 0.25) is 5.95 Å². The number of rotatable bonds is 4. The van der Waals surface area contributed by atoms with Crippen LogP contribution in [0.5, 0.6) is 5.75 Å². The lowest BCUT2D eigenvalue weighted by Crippen LogP contribution is -2.42. The highest BCUT2D eigenvalue weighted by Gasteiger charge is 2.39. The van der Waals surface area contributed by atoms with Gasteiger partial charge in [0, 0.05) is 5.56 Å². The SMILES string of the molecule is COc1cccc(C(=O)N2c3ncnn3C(c3ccccc3)CC2c2ccccc2)c1. The third kappa shape index (κ3) is 3.46. The first-order valence-corrected chi connectivity index (χ1v) is 10.2. The monoisotopic (exact) mass is 410 g/mol. The maximum Gasteiger partial charge on any atom is 0.261 e. The van der Waals surface area contributed by atoms with Crippen LogP contribution >= 0.6 is 0 Å². The second-order valence-corrected chi connectivity index (χ2v) is 7.50. The lowest BCUT2D eigenvalue weighted by Gasteiger charge is -2.39. The van der Waals surface area contributed by atoms with Gasteiger partial charge in [0.15, 0.2) is 0 Å². The Morgan fingerprint density at radius 1 is 0.903 bits per heavy atom. The maximum absolute atomic E-state index is 13.7. The van der Waals surface area contributed by atoms with Gasteiger partial charge in [0.1, 0.15) is 12.1 Å². The molecule has 6 heteroatoms.